The van der Waals surface area contributed by atoms with E-state index in [1.54, 1.807) is 18.5 Å². The molecule has 1 fully saturated rings. The van der Waals surface area contributed by atoms with Gasteiger partial charge in [-0.2, -0.15) is 0 Å². The maximum absolute atomic E-state index is 11.6. The first-order chi connectivity index (χ1) is 7.36. The monoisotopic (exact) mass is 206 g/mol. The molecule has 1 aromatic heterocycles. The molecule has 1 amide bonds. The summed E-state index contributed by atoms with van der Waals surface area (Å²) in [5.74, 6) is 0.743. The molecule has 5 nitrogen and oxygen atoms in total. The first kappa shape index (κ1) is 10.0. The molecule has 1 atom stereocenters. The Kier molecular flexibility index (Phi) is 3.24. The molecule has 0 aliphatic carbocycles. The van der Waals surface area contributed by atoms with Crippen molar-refractivity contribution in [2.75, 3.05) is 13.1 Å². The number of carbonyl (C=O) groups is 1. The molecule has 0 spiro atoms. The van der Waals surface area contributed by atoms with Crippen LogP contribution in [0.5, 0.6) is 0 Å². The highest BCUT2D eigenvalue weighted by molar-refractivity contribution is 5.82. The fourth-order valence-electron chi connectivity index (χ4n) is 1.57. The van der Waals surface area contributed by atoms with E-state index in [4.69, 9.17) is 0 Å². The van der Waals surface area contributed by atoms with Gasteiger partial charge < -0.3 is 10.6 Å². The van der Waals surface area contributed by atoms with Crippen molar-refractivity contribution in [2.24, 2.45) is 0 Å². The van der Waals surface area contributed by atoms with Crippen LogP contribution in [0.15, 0.2) is 18.5 Å². The van der Waals surface area contributed by atoms with Gasteiger partial charge >= 0.3 is 0 Å². The molecule has 1 unspecified atom stereocenters. The summed E-state index contributed by atoms with van der Waals surface area (Å²) < 4.78 is 0. The lowest BCUT2D eigenvalue weighted by Gasteiger charge is -2.12. The molecule has 15 heavy (non-hydrogen) atoms. The highest BCUT2D eigenvalue weighted by Crippen LogP contribution is 1.99. The Balaban J connectivity index is 2.01. The summed E-state index contributed by atoms with van der Waals surface area (Å²) in [6.45, 7) is 1.61. The second-order valence-corrected chi connectivity index (χ2v) is 3.52. The van der Waals surface area contributed by atoms with Crippen molar-refractivity contribution in [3.05, 3.63) is 24.3 Å². The topological polar surface area (TPSA) is 66.9 Å². The van der Waals surface area contributed by atoms with Crippen LogP contribution in [-0.4, -0.2) is 35.0 Å². The van der Waals surface area contributed by atoms with Crippen molar-refractivity contribution >= 4 is 5.91 Å². The molecule has 0 radical (unpaired) electrons. The Hall–Kier alpha value is -1.49. The van der Waals surface area contributed by atoms with Crippen molar-refractivity contribution in [2.45, 2.75) is 18.9 Å². The molecule has 0 bridgehead atoms. The molecule has 0 saturated carbocycles. The summed E-state index contributed by atoms with van der Waals surface area (Å²) in [4.78, 5) is 19.8. The minimum atomic E-state index is -0.199. The molecular weight excluding hydrogens is 192 g/mol. The number of aromatic nitrogens is 2. The fourth-order valence-corrected chi connectivity index (χ4v) is 1.57. The Morgan fingerprint density at radius 2 is 2.13 bits per heavy atom. The van der Waals surface area contributed by atoms with E-state index < -0.39 is 0 Å². The molecule has 80 valence electrons. The molecule has 1 aliphatic rings. The summed E-state index contributed by atoms with van der Waals surface area (Å²) >= 11 is 0. The molecular formula is C10H14N4O. The van der Waals surface area contributed by atoms with Crippen molar-refractivity contribution < 1.29 is 4.79 Å². The lowest BCUT2D eigenvalue weighted by Crippen LogP contribution is -2.42. The Bertz CT molecular complexity index is 327. The van der Waals surface area contributed by atoms with Crippen molar-refractivity contribution in [1.29, 1.82) is 0 Å². The summed E-state index contributed by atoms with van der Waals surface area (Å²) in [5, 5.41) is 6.05. The molecule has 5 heteroatoms. The third-order valence-electron chi connectivity index (χ3n) is 2.37. The third kappa shape index (κ3) is 2.73. The van der Waals surface area contributed by atoms with E-state index in [9.17, 15) is 4.79 Å². The van der Waals surface area contributed by atoms with Crippen LogP contribution in [-0.2, 0) is 11.2 Å². The zero-order valence-electron chi connectivity index (χ0n) is 8.44. The largest absolute Gasteiger partial charge is 0.355 e. The van der Waals surface area contributed by atoms with Crippen molar-refractivity contribution in [3.63, 3.8) is 0 Å². The molecule has 1 aliphatic heterocycles. The quantitative estimate of drug-likeness (QED) is 0.684. The maximum Gasteiger partial charge on any atom is 0.237 e. The predicted octanol–water partition coefficient (Wildman–Crippen LogP) is -0.503. The van der Waals surface area contributed by atoms with Gasteiger partial charge in [-0.3, -0.25) is 4.79 Å². The zero-order valence-corrected chi connectivity index (χ0v) is 8.44. The standard InChI is InChI=1S/C10H14N4O/c15-10-8(11-3-1-6-14-10)7-9-12-4-2-5-13-9/h2,4-5,8,11H,1,3,6-7H2,(H,14,15). The van der Waals surface area contributed by atoms with Gasteiger partial charge in [-0.05, 0) is 19.0 Å². The average molecular weight is 206 g/mol. The second kappa shape index (κ2) is 4.84. The predicted molar refractivity (Wildman–Crippen MR) is 55.2 cm³/mol. The van der Waals surface area contributed by atoms with Crippen LogP contribution in [0.2, 0.25) is 0 Å². The number of hydrogen-bond acceptors (Lipinski definition) is 4. The van der Waals surface area contributed by atoms with Crippen LogP contribution in [0.3, 0.4) is 0 Å². The van der Waals surface area contributed by atoms with E-state index in [1.165, 1.54) is 0 Å². The summed E-state index contributed by atoms with van der Waals surface area (Å²) in [7, 11) is 0. The van der Waals surface area contributed by atoms with E-state index >= 15 is 0 Å². The highest BCUT2D eigenvalue weighted by atomic mass is 16.2. The number of nitrogens with zero attached hydrogens (tertiary/aromatic N) is 2. The Morgan fingerprint density at radius 1 is 1.33 bits per heavy atom. The van der Waals surface area contributed by atoms with Crippen molar-refractivity contribution in [1.82, 2.24) is 20.6 Å². The molecule has 1 aromatic rings. The smallest absolute Gasteiger partial charge is 0.237 e. The highest BCUT2D eigenvalue weighted by Gasteiger charge is 2.20. The summed E-state index contributed by atoms with van der Waals surface area (Å²) in [5.41, 5.74) is 0. The lowest BCUT2D eigenvalue weighted by atomic mass is 10.2. The van der Waals surface area contributed by atoms with Gasteiger partial charge in [0, 0.05) is 25.4 Å². The van der Waals surface area contributed by atoms with E-state index in [0.717, 1.165) is 19.5 Å². The van der Waals surface area contributed by atoms with Gasteiger partial charge in [0.2, 0.25) is 5.91 Å². The van der Waals surface area contributed by atoms with E-state index in [1.807, 2.05) is 0 Å². The fraction of sp³-hybridized carbons (Fsp3) is 0.500. The molecule has 2 rings (SSSR count). The zero-order chi connectivity index (χ0) is 10.5. The number of hydrogen-bond donors (Lipinski definition) is 2. The number of rotatable bonds is 2. The van der Waals surface area contributed by atoms with Crippen LogP contribution < -0.4 is 10.6 Å². The van der Waals surface area contributed by atoms with Gasteiger partial charge in [0.05, 0.1) is 6.04 Å². The van der Waals surface area contributed by atoms with E-state index in [-0.39, 0.29) is 11.9 Å². The molecule has 2 heterocycles. The number of nitrogens with one attached hydrogen (secondary N) is 2. The SMILES string of the molecule is O=C1NCCCNC1Cc1ncccn1. The number of carbonyl (C=O) groups excluding carboxylic acids is 1. The van der Waals surface area contributed by atoms with Gasteiger partial charge in [-0.15, -0.1) is 0 Å². The van der Waals surface area contributed by atoms with Crippen LogP contribution >= 0.6 is 0 Å². The minimum absolute atomic E-state index is 0.0416. The van der Waals surface area contributed by atoms with Crippen LogP contribution in [0.4, 0.5) is 0 Å². The van der Waals surface area contributed by atoms with Crippen LogP contribution in [0.25, 0.3) is 0 Å². The first-order valence-corrected chi connectivity index (χ1v) is 5.13. The van der Waals surface area contributed by atoms with Gasteiger partial charge in [0.25, 0.3) is 0 Å². The number of amides is 1. The normalized spacial score (nSPS) is 21.9. The summed E-state index contributed by atoms with van der Waals surface area (Å²) in [6.07, 6.45) is 4.90. The van der Waals surface area contributed by atoms with E-state index in [2.05, 4.69) is 20.6 Å². The minimum Gasteiger partial charge on any atom is -0.355 e. The van der Waals surface area contributed by atoms with Crippen molar-refractivity contribution in [3.8, 4) is 0 Å². The molecule has 0 aromatic carbocycles. The molecule has 2 N–H and O–H groups in total. The van der Waals surface area contributed by atoms with Gasteiger partial charge in [-0.25, -0.2) is 9.97 Å². The van der Waals surface area contributed by atoms with Gasteiger partial charge in [0.15, 0.2) is 0 Å². The van der Waals surface area contributed by atoms with Gasteiger partial charge in [0.1, 0.15) is 5.82 Å². The van der Waals surface area contributed by atoms with E-state index in [0.29, 0.717) is 12.2 Å². The lowest BCUT2D eigenvalue weighted by molar-refractivity contribution is -0.122. The second-order valence-electron chi connectivity index (χ2n) is 3.52. The Labute approximate surface area is 88.3 Å². The Morgan fingerprint density at radius 3 is 2.93 bits per heavy atom. The van der Waals surface area contributed by atoms with Crippen LogP contribution in [0.1, 0.15) is 12.2 Å². The maximum atomic E-state index is 11.6. The molecule has 1 saturated heterocycles. The summed E-state index contributed by atoms with van der Waals surface area (Å²) in [6, 6.07) is 1.57. The third-order valence-corrected chi connectivity index (χ3v) is 2.37. The van der Waals surface area contributed by atoms with Gasteiger partial charge in [-0.1, -0.05) is 0 Å². The average Bonchev–Trinajstić information content (AvgIpc) is 2.46. The van der Waals surface area contributed by atoms with Crippen LogP contribution in [0, 0.1) is 0 Å². The first-order valence-electron chi connectivity index (χ1n) is 5.13.